The maximum atomic E-state index is 4.63. The van der Waals surface area contributed by atoms with E-state index in [2.05, 4.69) is 41.2 Å². The van der Waals surface area contributed by atoms with Gasteiger partial charge in [-0.3, -0.25) is 4.98 Å². The fourth-order valence-corrected chi connectivity index (χ4v) is 5.78. The molecule has 114 valence electrons. The van der Waals surface area contributed by atoms with E-state index in [1.54, 1.807) is 11.1 Å². The second kappa shape index (κ2) is 4.55. The molecule has 1 saturated carbocycles. The zero-order chi connectivity index (χ0) is 14.7. The predicted octanol–water partition coefficient (Wildman–Crippen LogP) is 3.92. The number of hydrogen-bond donors (Lipinski definition) is 0. The molecule has 2 heterocycles. The minimum Gasteiger partial charge on any atom is -0.303 e. The highest BCUT2D eigenvalue weighted by Gasteiger charge is 2.53. The predicted molar refractivity (Wildman–Crippen MR) is 90.1 cm³/mol. The second-order valence-corrected chi connectivity index (χ2v) is 7.72. The van der Waals surface area contributed by atoms with Crippen molar-refractivity contribution in [3.05, 3.63) is 41.6 Å². The van der Waals surface area contributed by atoms with Gasteiger partial charge in [0.2, 0.25) is 0 Å². The number of hydrogen-bond acceptors (Lipinski definition) is 2. The average molecular weight is 292 g/mol. The van der Waals surface area contributed by atoms with E-state index < -0.39 is 0 Å². The molecule has 2 heteroatoms. The van der Waals surface area contributed by atoms with Gasteiger partial charge in [-0.2, -0.15) is 0 Å². The SMILES string of the molecule is CN1CCC23CCCC[C@H]2[C@H]1Cc1cc2cccnc2cc13. The zero-order valence-corrected chi connectivity index (χ0v) is 13.4. The summed E-state index contributed by atoms with van der Waals surface area (Å²) in [6.07, 6.45) is 10.2. The van der Waals surface area contributed by atoms with Gasteiger partial charge in [-0.15, -0.1) is 0 Å². The minimum absolute atomic E-state index is 0.453. The summed E-state index contributed by atoms with van der Waals surface area (Å²) in [5, 5.41) is 1.31. The van der Waals surface area contributed by atoms with Gasteiger partial charge in [-0.1, -0.05) is 18.9 Å². The molecule has 2 fully saturated rings. The molecule has 1 aliphatic heterocycles. The average Bonchev–Trinajstić information content (AvgIpc) is 2.57. The lowest BCUT2D eigenvalue weighted by molar-refractivity contribution is 0.00298. The van der Waals surface area contributed by atoms with E-state index in [4.69, 9.17) is 0 Å². The second-order valence-electron chi connectivity index (χ2n) is 7.72. The van der Waals surface area contributed by atoms with Gasteiger partial charge in [-0.05, 0) is 74.5 Å². The molecule has 2 aliphatic carbocycles. The van der Waals surface area contributed by atoms with Crippen molar-refractivity contribution in [3.8, 4) is 0 Å². The maximum absolute atomic E-state index is 4.63. The number of fused-ring (bicyclic) bond motifs is 2. The quantitative estimate of drug-likeness (QED) is 0.731. The molecule has 2 bridgehead atoms. The Balaban J connectivity index is 1.76. The van der Waals surface area contributed by atoms with Crippen LogP contribution in [0.3, 0.4) is 0 Å². The summed E-state index contributed by atoms with van der Waals surface area (Å²) in [7, 11) is 2.34. The van der Waals surface area contributed by atoms with Gasteiger partial charge in [0.15, 0.2) is 0 Å². The molecule has 2 nitrogen and oxygen atoms in total. The van der Waals surface area contributed by atoms with Crippen molar-refractivity contribution in [2.75, 3.05) is 13.6 Å². The molecular formula is C20H24N2. The number of nitrogens with zero attached hydrogens (tertiary/aromatic N) is 2. The summed E-state index contributed by atoms with van der Waals surface area (Å²) < 4.78 is 0. The lowest BCUT2D eigenvalue weighted by Gasteiger charge is -2.58. The fraction of sp³-hybridized carbons (Fsp3) is 0.550. The molecule has 3 aliphatic rings. The van der Waals surface area contributed by atoms with Gasteiger partial charge in [-0.25, -0.2) is 0 Å². The molecule has 2 aromatic rings. The first-order valence-electron chi connectivity index (χ1n) is 8.86. The van der Waals surface area contributed by atoms with Crippen molar-refractivity contribution in [2.45, 2.75) is 50.0 Å². The molecule has 3 atom stereocenters. The smallest absolute Gasteiger partial charge is 0.0705 e. The van der Waals surface area contributed by atoms with Crippen LogP contribution in [0, 0.1) is 5.92 Å². The Morgan fingerprint density at radius 2 is 2.18 bits per heavy atom. The third kappa shape index (κ3) is 1.62. The Bertz CT molecular complexity index is 738. The van der Waals surface area contributed by atoms with Gasteiger partial charge in [0.25, 0.3) is 0 Å². The summed E-state index contributed by atoms with van der Waals surface area (Å²) in [6, 6.07) is 9.93. The first-order chi connectivity index (χ1) is 10.8. The molecule has 0 spiro atoms. The van der Waals surface area contributed by atoms with E-state index in [9.17, 15) is 0 Å². The summed E-state index contributed by atoms with van der Waals surface area (Å²) in [4.78, 5) is 7.28. The Labute approximate surface area is 132 Å². The number of benzene rings is 1. The van der Waals surface area contributed by atoms with Crippen molar-refractivity contribution in [1.29, 1.82) is 0 Å². The number of rotatable bonds is 0. The summed E-state index contributed by atoms with van der Waals surface area (Å²) in [5.74, 6) is 0.869. The Morgan fingerprint density at radius 3 is 3.14 bits per heavy atom. The lowest BCUT2D eigenvalue weighted by atomic mass is 9.52. The van der Waals surface area contributed by atoms with E-state index in [1.165, 1.54) is 56.0 Å². The number of pyridine rings is 1. The van der Waals surface area contributed by atoms with Crippen LogP contribution < -0.4 is 0 Å². The maximum Gasteiger partial charge on any atom is 0.0705 e. The molecule has 5 rings (SSSR count). The normalized spacial score (nSPS) is 34.2. The molecule has 1 unspecified atom stereocenters. The summed E-state index contributed by atoms with van der Waals surface area (Å²) in [6.45, 7) is 1.26. The third-order valence-electron chi connectivity index (χ3n) is 6.83. The topological polar surface area (TPSA) is 16.1 Å². The molecule has 0 N–H and O–H groups in total. The van der Waals surface area contributed by atoms with Crippen molar-refractivity contribution < 1.29 is 0 Å². The number of likely N-dealkylation sites (tertiary alicyclic amines) is 1. The fourth-order valence-electron chi connectivity index (χ4n) is 5.78. The zero-order valence-electron chi connectivity index (χ0n) is 13.4. The van der Waals surface area contributed by atoms with Crippen LogP contribution in [0.4, 0.5) is 0 Å². The van der Waals surface area contributed by atoms with E-state index >= 15 is 0 Å². The van der Waals surface area contributed by atoms with Crippen LogP contribution in [-0.2, 0) is 11.8 Å². The van der Waals surface area contributed by atoms with Crippen LogP contribution in [-0.4, -0.2) is 29.5 Å². The highest BCUT2D eigenvalue weighted by molar-refractivity contribution is 5.81. The highest BCUT2D eigenvalue weighted by atomic mass is 15.1. The van der Waals surface area contributed by atoms with Crippen LogP contribution in [0.1, 0.15) is 43.2 Å². The Hall–Kier alpha value is -1.41. The minimum atomic E-state index is 0.453. The van der Waals surface area contributed by atoms with Gasteiger partial charge >= 0.3 is 0 Å². The Morgan fingerprint density at radius 1 is 1.23 bits per heavy atom. The van der Waals surface area contributed by atoms with Crippen LogP contribution in [0.25, 0.3) is 10.9 Å². The van der Waals surface area contributed by atoms with Gasteiger partial charge < -0.3 is 4.90 Å². The van der Waals surface area contributed by atoms with E-state index in [1.807, 2.05) is 6.20 Å². The van der Waals surface area contributed by atoms with Crippen molar-refractivity contribution in [2.24, 2.45) is 5.92 Å². The lowest BCUT2D eigenvalue weighted by Crippen LogP contribution is -2.59. The number of piperidine rings is 1. The first-order valence-corrected chi connectivity index (χ1v) is 8.86. The molecular weight excluding hydrogens is 268 g/mol. The van der Waals surface area contributed by atoms with Gasteiger partial charge in [0, 0.05) is 23.0 Å². The van der Waals surface area contributed by atoms with E-state index in [0.29, 0.717) is 5.41 Å². The van der Waals surface area contributed by atoms with E-state index in [-0.39, 0.29) is 0 Å². The Kier molecular flexibility index (Phi) is 2.70. The van der Waals surface area contributed by atoms with Crippen molar-refractivity contribution in [1.82, 2.24) is 9.88 Å². The van der Waals surface area contributed by atoms with Crippen molar-refractivity contribution >= 4 is 10.9 Å². The molecule has 22 heavy (non-hydrogen) atoms. The highest BCUT2D eigenvalue weighted by Crippen LogP contribution is 2.55. The largest absolute Gasteiger partial charge is 0.303 e. The van der Waals surface area contributed by atoms with E-state index in [0.717, 1.165) is 12.0 Å². The van der Waals surface area contributed by atoms with Gasteiger partial charge in [0.05, 0.1) is 5.52 Å². The van der Waals surface area contributed by atoms with Gasteiger partial charge in [0.1, 0.15) is 0 Å². The van der Waals surface area contributed by atoms with Crippen LogP contribution >= 0.6 is 0 Å². The monoisotopic (exact) mass is 292 g/mol. The number of likely N-dealkylation sites (N-methyl/N-ethyl adjacent to an activating group) is 1. The summed E-state index contributed by atoms with van der Waals surface area (Å²) >= 11 is 0. The van der Waals surface area contributed by atoms with Crippen molar-refractivity contribution in [3.63, 3.8) is 0 Å². The molecule has 1 aromatic heterocycles. The van der Waals surface area contributed by atoms with Crippen LogP contribution in [0.2, 0.25) is 0 Å². The molecule has 1 saturated heterocycles. The van der Waals surface area contributed by atoms with Crippen LogP contribution in [0.15, 0.2) is 30.5 Å². The first kappa shape index (κ1) is 13.1. The summed E-state index contributed by atoms with van der Waals surface area (Å²) in [5.41, 5.74) is 4.91. The molecule has 1 aromatic carbocycles. The standard InChI is InChI=1S/C20H24N2/c1-22-10-8-20-7-3-2-6-16(20)19(22)12-15-11-14-5-4-9-21-18(14)13-17(15)20/h4-5,9,11,13,16,19H,2-3,6-8,10,12H2,1H3/t16-,19+,20?/m0/s1. The molecule has 0 radical (unpaired) electrons. The molecule has 0 amide bonds. The number of aromatic nitrogens is 1. The van der Waals surface area contributed by atoms with Crippen LogP contribution in [0.5, 0.6) is 0 Å². The third-order valence-corrected chi connectivity index (χ3v) is 6.83.